The fourth-order valence-electron chi connectivity index (χ4n) is 3.52. The molecule has 0 radical (unpaired) electrons. The Morgan fingerprint density at radius 1 is 0.967 bits per heavy atom. The SMILES string of the molecule is N=C(N)c1cccc(Cn2c(C(=O)NCc3ccccc3)cc3c(O)cccc32)c1. The van der Waals surface area contributed by atoms with Crippen molar-refractivity contribution in [1.29, 1.82) is 5.41 Å². The lowest BCUT2D eigenvalue weighted by Crippen LogP contribution is -2.25. The lowest BCUT2D eigenvalue weighted by atomic mass is 10.1. The monoisotopic (exact) mass is 398 g/mol. The van der Waals surface area contributed by atoms with E-state index < -0.39 is 0 Å². The van der Waals surface area contributed by atoms with Gasteiger partial charge in [-0.05, 0) is 35.4 Å². The number of aromatic hydroxyl groups is 1. The number of aromatic nitrogens is 1. The summed E-state index contributed by atoms with van der Waals surface area (Å²) >= 11 is 0. The van der Waals surface area contributed by atoms with Crippen LogP contribution in [0, 0.1) is 5.41 Å². The standard InChI is InChI=1S/C24H22N4O2/c25-23(26)18-9-4-8-17(12-18)15-28-20-10-5-11-22(29)19(20)13-21(28)24(30)27-14-16-6-2-1-3-7-16/h1-13,29H,14-15H2,(H3,25,26)(H,27,30). The molecule has 4 rings (SSSR count). The molecular formula is C24H22N4O2. The number of amidine groups is 1. The van der Waals surface area contributed by atoms with Gasteiger partial charge in [0.1, 0.15) is 17.3 Å². The van der Waals surface area contributed by atoms with Crippen LogP contribution in [0.1, 0.15) is 27.2 Å². The van der Waals surface area contributed by atoms with Crippen LogP contribution in [0.5, 0.6) is 5.75 Å². The zero-order valence-corrected chi connectivity index (χ0v) is 16.3. The molecule has 150 valence electrons. The fourth-order valence-corrected chi connectivity index (χ4v) is 3.52. The van der Waals surface area contributed by atoms with Gasteiger partial charge < -0.3 is 20.7 Å². The highest BCUT2D eigenvalue weighted by Gasteiger charge is 2.18. The van der Waals surface area contributed by atoms with Crippen LogP contribution in [0.2, 0.25) is 0 Å². The molecule has 0 saturated carbocycles. The number of amides is 1. The van der Waals surface area contributed by atoms with Crippen LogP contribution in [-0.2, 0) is 13.1 Å². The van der Waals surface area contributed by atoms with Crippen molar-refractivity contribution >= 4 is 22.6 Å². The second kappa shape index (κ2) is 8.13. The van der Waals surface area contributed by atoms with E-state index in [0.717, 1.165) is 16.6 Å². The number of nitrogens with two attached hydrogens (primary N) is 1. The van der Waals surface area contributed by atoms with E-state index in [1.807, 2.05) is 59.2 Å². The molecule has 6 heteroatoms. The third-order valence-electron chi connectivity index (χ3n) is 5.03. The zero-order chi connectivity index (χ0) is 21.1. The number of fused-ring (bicyclic) bond motifs is 1. The average molecular weight is 398 g/mol. The van der Waals surface area contributed by atoms with Crippen molar-refractivity contribution in [3.05, 3.63) is 101 Å². The van der Waals surface area contributed by atoms with Crippen molar-refractivity contribution in [2.24, 2.45) is 5.73 Å². The summed E-state index contributed by atoms with van der Waals surface area (Å²) in [7, 11) is 0. The normalized spacial score (nSPS) is 10.8. The van der Waals surface area contributed by atoms with Crippen LogP contribution in [0.15, 0.2) is 78.9 Å². The highest BCUT2D eigenvalue weighted by Crippen LogP contribution is 2.29. The van der Waals surface area contributed by atoms with Gasteiger partial charge in [-0.15, -0.1) is 0 Å². The van der Waals surface area contributed by atoms with Gasteiger partial charge in [-0.1, -0.05) is 54.6 Å². The Labute approximate surface area is 174 Å². The number of carbonyl (C=O) groups is 1. The Morgan fingerprint density at radius 2 is 1.70 bits per heavy atom. The van der Waals surface area contributed by atoms with E-state index in [0.29, 0.717) is 29.7 Å². The summed E-state index contributed by atoms with van der Waals surface area (Å²) < 4.78 is 1.87. The van der Waals surface area contributed by atoms with Gasteiger partial charge in [0, 0.05) is 24.0 Å². The van der Waals surface area contributed by atoms with Gasteiger partial charge in [0.2, 0.25) is 0 Å². The first-order chi connectivity index (χ1) is 14.5. The molecule has 0 aliphatic carbocycles. The first-order valence-electron chi connectivity index (χ1n) is 9.59. The van der Waals surface area contributed by atoms with Crippen LogP contribution in [0.3, 0.4) is 0 Å². The topological polar surface area (TPSA) is 104 Å². The first kappa shape index (κ1) is 19.3. The van der Waals surface area contributed by atoms with Gasteiger partial charge in [-0.25, -0.2) is 0 Å². The third kappa shape index (κ3) is 3.89. The van der Waals surface area contributed by atoms with Crippen LogP contribution in [0.4, 0.5) is 0 Å². The van der Waals surface area contributed by atoms with Crippen molar-refractivity contribution in [2.75, 3.05) is 0 Å². The number of phenolic OH excluding ortho intramolecular Hbond substituents is 1. The predicted molar refractivity (Wildman–Crippen MR) is 118 cm³/mol. The van der Waals surface area contributed by atoms with Crippen LogP contribution < -0.4 is 11.1 Å². The molecular weight excluding hydrogens is 376 g/mol. The van der Waals surface area contributed by atoms with Gasteiger partial charge in [0.25, 0.3) is 5.91 Å². The summed E-state index contributed by atoms with van der Waals surface area (Å²) in [5, 5.41) is 21.5. The third-order valence-corrected chi connectivity index (χ3v) is 5.03. The number of carbonyl (C=O) groups excluding carboxylic acids is 1. The molecule has 1 heterocycles. The predicted octanol–water partition coefficient (Wildman–Crippen LogP) is 3.61. The van der Waals surface area contributed by atoms with Crippen molar-refractivity contribution in [3.63, 3.8) is 0 Å². The molecule has 0 atom stereocenters. The van der Waals surface area contributed by atoms with Gasteiger partial charge in [0.15, 0.2) is 0 Å². The van der Waals surface area contributed by atoms with Crippen LogP contribution in [-0.4, -0.2) is 21.4 Å². The minimum absolute atomic E-state index is 0.00677. The molecule has 0 unspecified atom stereocenters. The second-order valence-corrected chi connectivity index (χ2v) is 7.11. The Kier molecular flexibility index (Phi) is 5.22. The molecule has 1 aromatic heterocycles. The summed E-state index contributed by atoms with van der Waals surface area (Å²) in [5.41, 5.74) is 9.37. The smallest absolute Gasteiger partial charge is 0.268 e. The van der Waals surface area contributed by atoms with Gasteiger partial charge >= 0.3 is 0 Å². The molecule has 6 nitrogen and oxygen atoms in total. The number of hydrogen-bond acceptors (Lipinski definition) is 3. The van der Waals surface area contributed by atoms with Crippen molar-refractivity contribution in [1.82, 2.24) is 9.88 Å². The number of hydrogen-bond donors (Lipinski definition) is 4. The Hall–Kier alpha value is -4.06. The van der Waals surface area contributed by atoms with Crippen molar-refractivity contribution in [2.45, 2.75) is 13.1 Å². The summed E-state index contributed by atoms with van der Waals surface area (Å²) in [6, 6.07) is 24.0. The molecule has 0 aliphatic rings. The molecule has 0 bridgehead atoms. The van der Waals surface area contributed by atoms with Gasteiger partial charge in [-0.2, -0.15) is 0 Å². The van der Waals surface area contributed by atoms with Crippen molar-refractivity contribution < 1.29 is 9.90 Å². The fraction of sp³-hybridized carbons (Fsp3) is 0.0833. The largest absolute Gasteiger partial charge is 0.507 e. The summed E-state index contributed by atoms with van der Waals surface area (Å²) in [6.07, 6.45) is 0. The zero-order valence-electron chi connectivity index (χ0n) is 16.3. The molecule has 0 aliphatic heterocycles. The molecule has 0 saturated heterocycles. The van der Waals surface area contributed by atoms with Crippen LogP contribution in [0.25, 0.3) is 10.9 Å². The van der Waals surface area contributed by atoms with E-state index >= 15 is 0 Å². The maximum atomic E-state index is 13.0. The maximum Gasteiger partial charge on any atom is 0.268 e. The number of nitrogens with one attached hydrogen (secondary N) is 2. The Balaban J connectivity index is 1.70. The number of nitrogen functional groups attached to an aromatic ring is 1. The average Bonchev–Trinajstić information content (AvgIpc) is 3.13. The number of phenols is 1. The van der Waals surface area contributed by atoms with E-state index in [9.17, 15) is 9.90 Å². The van der Waals surface area contributed by atoms with E-state index in [1.165, 1.54) is 0 Å². The molecule has 1 amide bonds. The molecule has 5 N–H and O–H groups in total. The summed E-state index contributed by atoms with van der Waals surface area (Å²) in [4.78, 5) is 13.0. The van der Waals surface area contributed by atoms with Gasteiger partial charge in [0.05, 0.1) is 5.52 Å². The molecule has 4 aromatic rings. The highest BCUT2D eigenvalue weighted by atomic mass is 16.3. The second-order valence-electron chi connectivity index (χ2n) is 7.11. The number of benzene rings is 3. The Morgan fingerprint density at radius 3 is 2.47 bits per heavy atom. The molecule has 0 spiro atoms. The van der Waals surface area contributed by atoms with E-state index in [1.54, 1.807) is 24.3 Å². The first-order valence-corrected chi connectivity index (χ1v) is 9.59. The van der Waals surface area contributed by atoms with Crippen LogP contribution >= 0.6 is 0 Å². The van der Waals surface area contributed by atoms with Gasteiger partial charge in [-0.3, -0.25) is 10.2 Å². The minimum atomic E-state index is -0.225. The lowest BCUT2D eigenvalue weighted by Gasteiger charge is -2.12. The highest BCUT2D eigenvalue weighted by molar-refractivity contribution is 6.00. The van der Waals surface area contributed by atoms with E-state index in [-0.39, 0.29) is 17.5 Å². The quantitative estimate of drug-likeness (QED) is 0.295. The van der Waals surface area contributed by atoms with Crippen molar-refractivity contribution in [3.8, 4) is 5.75 Å². The summed E-state index contributed by atoms with van der Waals surface area (Å²) in [6.45, 7) is 0.815. The summed E-state index contributed by atoms with van der Waals surface area (Å²) in [5.74, 6) is -0.106. The van der Waals surface area contributed by atoms with E-state index in [4.69, 9.17) is 11.1 Å². The van der Waals surface area contributed by atoms with E-state index in [2.05, 4.69) is 5.32 Å². The maximum absolute atomic E-state index is 13.0. The number of nitrogens with zero attached hydrogens (tertiary/aromatic N) is 1. The Bertz CT molecular complexity index is 1230. The number of rotatable bonds is 6. The lowest BCUT2D eigenvalue weighted by molar-refractivity contribution is 0.0942. The minimum Gasteiger partial charge on any atom is -0.507 e. The molecule has 3 aromatic carbocycles. The molecule has 30 heavy (non-hydrogen) atoms. The molecule has 0 fully saturated rings.